The van der Waals surface area contributed by atoms with Gasteiger partial charge in [0.05, 0.1) is 29.1 Å². The minimum atomic E-state index is -3.18. The van der Waals surface area contributed by atoms with Gasteiger partial charge in [-0.25, -0.2) is 4.39 Å². The van der Waals surface area contributed by atoms with Crippen molar-refractivity contribution < 1.29 is 23.4 Å². The van der Waals surface area contributed by atoms with Gasteiger partial charge >= 0.3 is 0 Å². The average molecular weight is 563 g/mol. The first-order chi connectivity index (χ1) is 18.8. The highest BCUT2D eigenvalue weighted by molar-refractivity contribution is 8.25. The Bertz CT molecular complexity index is 1080. The number of hydrogen-bond acceptors (Lipinski definition) is 7. The molecule has 2 atom stereocenters. The minimum Gasteiger partial charge on any atom is -0.390 e. The monoisotopic (exact) mass is 562 g/mol. The number of nitrogens with one attached hydrogen (secondary N) is 3. The Labute approximate surface area is 232 Å². The SMILES string of the molecule is CCNc1cc(C(=O)NC(Cc2ccccc2)C(O)CNC2CCCCC2)c(F)c(N2CCCCS2(O)O)c1. The lowest BCUT2D eigenvalue weighted by Gasteiger charge is -2.47. The number of aliphatic hydroxyl groups excluding tert-OH is 1. The number of hydrogen-bond donors (Lipinski definition) is 6. The van der Waals surface area contributed by atoms with E-state index in [0.29, 0.717) is 44.1 Å². The van der Waals surface area contributed by atoms with E-state index >= 15 is 4.39 Å². The molecule has 0 bridgehead atoms. The number of halogens is 1. The summed E-state index contributed by atoms with van der Waals surface area (Å²) in [4.78, 5) is 13.6. The van der Waals surface area contributed by atoms with Gasteiger partial charge in [-0.3, -0.25) is 18.2 Å². The molecule has 1 saturated carbocycles. The summed E-state index contributed by atoms with van der Waals surface area (Å²) in [6, 6.07) is 12.3. The van der Waals surface area contributed by atoms with Gasteiger partial charge in [-0.05, 0) is 56.7 Å². The van der Waals surface area contributed by atoms with Crippen molar-refractivity contribution in [3.63, 3.8) is 0 Å². The first kappa shape index (κ1) is 29.6. The third kappa shape index (κ3) is 7.85. The molecule has 0 spiro atoms. The van der Waals surface area contributed by atoms with E-state index in [4.69, 9.17) is 0 Å². The Balaban J connectivity index is 1.58. The first-order valence-corrected chi connectivity index (χ1v) is 15.8. The normalized spacial score (nSPS) is 20.2. The number of amides is 1. The van der Waals surface area contributed by atoms with Crippen molar-refractivity contribution in [2.24, 2.45) is 0 Å². The van der Waals surface area contributed by atoms with Crippen molar-refractivity contribution in [3.8, 4) is 0 Å². The highest BCUT2D eigenvalue weighted by atomic mass is 32.3. The van der Waals surface area contributed by atoms with Gasteiger partial charge in [-0.15, -0.1) is 10.8 Å². The van der Waals surface area contributed by atoms with Crippen molar-refractivity contribution in [2.75, 3.05) is 35.0 Å². The van der Waals surface area contributed by atoms with Gasteiger partial charge in [-0.2, -0.15) is 0 Å². The maximum Gasteiger partial charge on any atom is 0.254 e. The standard InChI is InChI=1S/C29H43FN4O4S/c1-2-31-23-18-24(28(30)26(19-23)34-15-9-10-16-39(34,37)38)29(36)33-25(17-21-11-5-3-6-12-21)27(35)20-32-22-13-7-4-8-14-22/h3,5-6,11-12,18-19,22,25,27,31-32,35,37-38H,2,4,7-10,13-17,20H2,1H3,(H,33,36). The number of benzene rings is 2. The Morgan fingerprint density at radius 2 is 1.85 bits per heavy atom. The fraction of sp³-hybridized carbons (Fsp3) is 0.552. The summed E-state index contributed by atoms with van der Waals surface area (Å²) < 4.78 is 38.5. The van der Waals surface area contributed by atoms with Crippen molar-refractivity contribution in [3.05, 3.63) is 59.4 Å². The van der Waals surface area contributed by atoms with Crippen LogP contribution in [0.5, 0.6) is 0 Å². The topological polar surface area (TPSA) is 117 Å². The van der Waals surface area contributed by atoms with E-state index in [2.05, 4.69) is 16.0 Å². The third-order valence-electron chi connectivity index (χ3n) is 7.63. The molecule has 1 heterocycles. The quantitative estimate of drug-likeness (QED) is 0.224. The van der Waals surface area contributed by atoms with Gasteiger partial charge in [0.2, 0.25) is 0 Å². The minimum absolute atomic E-state index is 0.00239. The molecule has 4 rings (SSSR count). The smallest absolute Gasteiger partial charge is 0.254 e. The molecule has 1 aliphatic carbocycles. The number of nitrogens with zero attached hydrogens (tertiary/aromatic N) is 1. The van der Waals surface area contributed by atoms with E-state index in [1.165, 1.54) is 35.7 Å². The second kappa shape index (κ2) is 13.8. The molecule has 10 heteroatoms. The van der Waals surface area contributed by atoms with Crippen LogP contribution in [-0.4, -0.2) is 63.7 Å². The Morgan fingerprint density at radius 3 is 2.54 bits per heavy atom. The van der Waals surface area contributed by atoms with Crippen LogP contribution in [0.3, 0.4) is 0 Å². The average Bonchev–Trinajstić information content (AvgIpc) is 2.93. The lowest BCUT2D eigenvalue weighted by molar-refractivity contribution is 0.0817. The Morgan fingerprint density at radius 1 is 1.10 bits per heavy atom. The fourth-order valence-corrected chi connectivity index (χ4v) is 7.16. The van der Waals surface area contributed by atoms with Gasteiger partial charge in [0.25, 0.3) is 5.91 Å². The third-order valence-corrected chi connectivity index (χ3v) is 9.55. The molecule has 6 N–H and O–H groups in total. The summed E-state index contributed by atoms with van der Waals surface area (Å²) in [5, 5.41) is 20.7. The first-order valence-electron chi connectivity index (χ1n) is 14.2. The second-order valence-electron chi connectivity index (χ2n) is 10.6. The maximum atomic E-state index is 15.9. The fourth-order valence-electron chi connectivity index (χ4n) is 5.48. The summed E-state index contributed by atoms with van der Waals surface area (Å²) in [7, 11) is -3.18. The molecule has 0 radical (unpaired) electrons. The predicted octanol–water partition coefficient (Wildman–Crippen LogP) is 5.15. The van der Waals surface area contributed by atoms with Crippen LogP contribution in [0.25, 0.3) is 0 Å². The summed E-state index contributed by atoms with van der Waals surface area (Å²) in [6.07, 6.45) is 6.56. The highest BCUT2D eigenvalue weighted by Crippen LogP contribution is 2.51. The number of rotatable bonds is 11. The van der Waals surface area contributed by atoms with Crippen LogP contribution in [-0.2, 0) is 6.42 Å². The zero-order valence-electron chi connectivity index (χ0n) is 22.7. The zero-order chi connectivity index (χ0) is 27.8. The van der Waals surface area contributed by atoms with E-state index < -0.39 is 34.6 Å². The van der Waals surface area contributed by atoms with Crippen LogP contribution in [0.2, 0.25) is 0 Å². The molecule has 0 aromatic heterocycles. The van der Waals surface area contributed by atoms with E-state index in [9.17, 15) is 19.0 Å². The van der Waals surface area contributed by atoms with E-state index in [-0.39, 0.29) is 23.5 Å². The largest absolute Gasteiger partial charge is 0.390 e. The van der Waals surface area contributed by atoms with Crippen LogP contribution in [0.4, 0.5) is 15.8 Å². The molecule has 1 aliphatic heterocycles. The summed E-state index contributed by atoms with van der Waals surface area (Å²) in [6.45, 7) is 3.05. The van der Waals surface area contributed by atoms with E-state index in [0.717, 1.165) is 18.4 Å². The molecule has 8 nitrogen and oxygen atoms in total. The molecule has 1 amide bonds. The summed E-state index contributed by atoms with van der Waals surface area (Å²) >= 11 is 0. The van der Waals surface area contributed by atoms with Crippen molar-refractivity contribution in [1.82, 2.24) is 10.6 Å². The molecule has 2 fully saturated rings. The lowest BCUT2D eigenvalue weighted by Crippen LogP contribution is -2.50. The molecular formula is C29H43FN4O4S. The van der Waals surface area contributed by atoms with Crippen LogP contribution in [0, 0.1) is 5.82 Å². The second-order valence-corrected chi connectivity index (χ2v) is 12.7. The molecule has 2 aromatic carbocycles. The van der Waals surface area contributed by atoms with Crippen LogP contribution >= 0.6 is 10.8 Å². The predicted molar refractivity (Wildman–Crippen MR) is 157 cm³/mol. The molecular weight excluding hydrogens is 519 g/mol. The molecule has 2 unspecified atom stereocenters. The summed E-state index contributed by atoms with van der Waals surface area (Å²) in [5.74, 6) is -1.29. The van der Waals surface area contributed by atoms with Crippen LogP contribution in [0.1, 0.15) is 67.8 Å². The van der Waals surface area contributed by atoms with Crippen molar-refractivity contribution in [2.45, 2.75) is 76.5 Å². The van der Waals surface area contributed by atoms with E-state index in [1.54, 1.807) is 0 Å². The van der Waals surface area contributed by atoms with Gasteiger partial charge in [0.1, 0.15) is 0 Å². The Hall–Kier alpha value is -2.37. The van der Waals surface area contributed by atoms with Crippen LogP contribution < -0.4 is 20.3 Å². The zero-order valence-corrected chi connectivity index (χ0v) is 23.6. The number of carbonyl (C=O) groups excluding carboxylic acids is 1. The molecule has 1 saturated heterocycles. The number of anilines is 2. The van der Waals surface area contributed by atoms with Gasteiger partial charge in [-0.1, -0.05) is 49.6 Å². The molecule has 2 aromatic rings. The maximum absolute atomic E-state index is 15.9. The number of aliphatic hydroxyl groups is 1. The molecule has 39 heavy (non-hydrogen) atoms. The van der Waals surface area contributed by atoms with Crippen molar-refractivity contribution >= 4 is 28.1 Å². The molecule has 2 aliphatic rings. The van der Waals surface area contributed by atoms with Gasteiger partial charge in [0.15, 0.2) is 5.82 Å². The summed E-state index contributed by atoms with van der Waals surface area (Å²) in [5.41, 5.74) is 1.26. The van der Waals surface area contributed by atoms with Gasteiger partial charge in [0, 0.05) is 31.4 Å². The van der Waals surface area contributed by atoms with E-state index in [1.807, 2.05) is 37.3 Å². The molecule has 216 valence electrons. The van der Waals surface area contributed by atoms with Crippen LogP contribution in [0.15, 0.2) is 42.5 Å². The van der Waals surface area contributed by atoms with Crippen molar-refractivity contribution in [1.29, 1.82) is 0 Å². The Kier molecular flexibility index (Phi) is 10.5. The lowest BCUT2D eigenvalue weighted by atomic mass is 9.95. The number of carbonyl (C=O) groups is 1. The van der Waals surface area contributed by atoms with Gasteiger partial charge < -0.3 is 21.1 Å². The highest BCUT2D eigenvalue weighted by Gasteiger charge is 2.32.